The summed E-state index contributed by atoms with van der Waals surface area (Å²) in [5, 5.41) is 0. The van der Waals surface area contributed by atoms with Crippen molar-refractivity contribution in [3.05, 3.63) is 34.3 Å². The quantitative estimate of drug-likeness (QED) is 0.717. The van der Waals surface area contributed by atoms with E-state index in [0.717, 1.165) is 14.9 Å². The number of likely N-dealkylation sites (tertiary alicyclic amines) is 1. The molecule has 1 aliphatic heterocycles. The van der Waals surface area contributed by atoms with Crippen molar-refractivity contribution in [3.63, 3.8) is 0 Å². The summed E-state index contributed by atoms with van der Waals surface area (Å²) in [4.78, 5) is 25.1. The van der Waals surface area contributed by atoms with Crippen LogP contribution in [-0.4, -0.2) is 42.6 Å². The minimum Gasteiger partial charge on any atom is -0.466 e. The summed E-state index contributed by atoms with van der Waals surface area (Å²) in [7, 11) is 0. The highest BCUT2D eigenvalue weighted by atomic mass is 79.9. The topological polar surface area (TPSA) is 46.6 Å². The number of nitrogens with zero attached hydrogens (tertiary/aromatic N) is 1. The molecule has 0 N–H and O–H groups in total. The van der Waals surface area contributed by atoms with Crippen molar-refractivity contribution in [3.8, 4) is 0 Å². The SMILES string of the molecule is CCOC(=O)C1CN(C(=O)CC(F)(F)F)CC1c1ccc(Br)cc1. The Morgan fingerprint density at radius 3 is 2.42 bits per heavy atom. The highest BCUT2D eigenvalue weighted by Crippen LogP contribution is 2.35. The summed E-state index contributed by atoms with van der Waals surface area (Å²) >= 11 is 3.31. The molecule has 1 amide bonds. The fourth-order valence-corrected chi connectivity index (χ4v) is 3.09. The third-order valence-corrected chi connectivity index (χ3v) is 4.44. The molecule has 0 spiro atoms. The van der Waals surface area contributed by atoms with E-state index >= 15 is 0 Å². The molecule has 0 radical (unpaired) electrons. The average molecular weight is 408 g/mol. The molecule has 0 aliphatic carbocycles. The number of esters is 1. The van der Waals surface area contributed by atoms with Crippen LogP contribution in [-0.2, 0) is 14.3 Å². The van der Waals surface area contributed by atoms with E-state index in [1.807, 2.05) is 0 Å². The minimum absolute atomic E-state index is 0.0610. The Hall–Kier alpha value is -1.57. The first kappa shape index (κ1) is 18.8. The second-order valence-corrected chi connectivity index (χ2v) is 6.52. The van der Waals surface area contributed by atoms with Crippen LogP contribution in [0.25, 0.3) is 0 Å². The number of hydrogen-bond donors (Lipinski definition) is 0. The molecule has 2 rings (SSSR count). The molecular formula is C16H17BrF3NO3. The van der Waals surface area contributed by atoms with Gasteiger partial charge in [-0.25, -0.2) is 0 Å². The van der Waals surface area contributed by atoms with Gasteiger partial charge in [-0.3, -0.25) is 9.59 Å². The van der Waals surface area contributed by atoms with Crippen LogP contribution in [0.15, 0.2) is 28.7 Å². The summed E-state index contributed by atoms with van der Waals surface area (Å²) in [6.45, 7) is 1.85. The van der Waals surface area contributed by atoms with E-state index in [0.29, 0.717) is 0 Å². The first-order valence-electron chi connectivity index (χ1n) is 7.48. The maximum atomic E-state index is 12.5. The molecule has 0 bridgehead atoms. The lowest BCUT2D eigenvalue weighted by Gasteiger charge is -2.17. The van der Waals surface area contributed by atoms with Gasteiger partial charge in [-0.05, 0) is 24.6 Å². The first-order valence-corrected chi connectivity index (χ1v) is 8.27. The second-order valence-electron chi connectivity index (χ2n) is 5.61. The van der Waals surface area contributed by atoms with Crippen LogP contribution in [0.1, 0.15) is 24.8 Å². The number of carbonyl (C=O) groups excluding carboxylic acids is 2. The summed E-state index contributed by atoms with van der Waals surface area (Å²) in [5.74, 6) is -2.55. The van der Waals surface area contributed by atoms with Gasteiger partial charge >= 0.3 is 12.1 Å². The van der Waals surface area contributed by atoms with Crippen LogP contribution in [0.3, 0.4) is 0 Å². The maximum Gasteiger partial charge on any atom is 0.397 e. The molecule has 8 heteroatoms. The number of rotatable bonds is 4. The van der Waals surface area contributed by atoms with Gasteiger partial charge in [0.1, 0.15) is 6.42 Å². The smallest absolute Gasteiger partial charge is 0.397 e. The van der Waals surface area contributed by atoms with Crippen LogP contribution in [0, 0.1) is 5.92 Å². The zero-order valence-electron chi connectivity index (χ0n) is 13.0. The summed E-state index contributed by atoms with van der Waals surface area (Å²) in [6, 6.07) is 7.16. The molecule has 1 aromatic carbocycles. The summed E-state index contributed by atoms with van der Waals surface area (Å²) < 4.78 is 43.2. The van der Waals surface area contributed by atoms with Crippen LogP contribution in [0.4, 0.5) is 13.2 Å². The number of ether oxygens (including phenoxy) is 1. The molecular weight excluding hydrogens is 391 g/mol. The van der Waals surface area contributed by atoms with Gasteiger partial charge in [-0.2, -0.15) is 13.2 Å². The van der Waals surface area contributed by atoms with E-state index < -0.39 is 30.4 Å². The second kappa shape index (κ2) is 7.55. The van der Waals surface area contributed by atoms with E-state index in [1.165, 1.54) is 0 Å². The zero-order valence-corrected chi connectivity index (χ0v) is 14.6. The van der Waals surface area contributed by atoms with Gasteiger partial charge < -0.3 is 9.64 Å². The third-order valence-electron chi connectivity index (χ3n) is 3.91. The van der Waals surface area contributed by atoms with E-state index in [2.05, 4.69) is 15.9 Å². The van der Waals surface area contributed by atoms with Crippen molar-refractivity contribution in [2.75, 3.05) is 19.7 Å². The van der Waals surface area contributed by atoms with Crippen molar-refractivity contribution in [2.24, 2.45) is 5.92 Å². The lowest BCUT2D eigenvalue weighted by molar-refractivity contribution is -0.160. The lowest BCUT2D eigenvalue weighted by atomic mass is 9.89. The van der Waals surface area contributed by atoms with E-state index in [1.54, 1.807) is 31.2 Å². The highest BCUT2D eigenvalue weighted by Gasteiger charge is 2.43. The number of alkyl halides is 3. The lowest BCUT2D eigenvalue weighted by Crippen LogP contribution is -2.33. The Kier molecular flexibility index (Phi) is 5.90. The molecule has 4 nitrogen and oxygen atoms in total. The average Bonchev–Trinajstić information content (AvgIpc) is 2.92. The summed E-state index contributed by atoms with van der Waals surface area (Å²) in [6.07, 6.45) is -6.08. The molecule has 2 atom stereocenters. The van der Waals surface area contributed by atoms with Crippen LogP contribution < -0.4 is 0 Å². The number of amides is 1. The van der Waals surface area contributed by atoms with E-state index in [4.69, 9.17) is 4.74 Å². The minimum atomic E-state index is -4.56. The molecule has 0 aromatic heterocycles. The predicted octanol–water partition coefficient (Wildman–Crippen LogP) is 3.51. The van der Waals surface area contributed by atoms with Crippen LogP contribution >= 0.6 is 15.9 Å². The van der Waals surface area contributed by atoms with Gasteiger partial charge in [0.25, 0.3) is 0 Å². The fraction of sp³-hybridized carbons (Fsp3) is 0.500. The summed E-state index contributed by atoms with van der Waals surface area (Å²) in [5.41, 5.74) is 0.790. The maximum absolute atomic E-state index is 12.5. The van der Waals surface area contributed by atoms with E-state index in [-0.39, 0.29) is 25.6 Å². The number of benzene rings is 1. The van der Waals surface area contributed by atoms with Gasteiger partial charge in [-0.15, -0.1) is 0 Å². The van der Waals surface area contributed by atoms with E-state index in [9.17, 15) is 22.8 Å². The standard InChI is InChI=1S/C16H17BrF3NO3/c1-2-24-15(23)13-9-21(14(22)7-16(18,19)20)8-12(13)10-3-5-11(17)6-4-10/h3-6,12-13H,2,7-9H2,1H3. The molecule has 2 unspecified atom stereocenters. The van der Waals surface area contributed by atoms with Crippen molar-refractivity contribution >= 4 is 27.8 Å². The monoisotopic (exact) mass is 407 g/mol. The number of halogens is 4. The molecule has 1 heterocycles. The molecule has 1 fully saturated rings. The number of hydrogen-bond acceptors (Lipinski definition) is 3. The van der Waals surface area contributed by atoms with Crippen LogP contribution in [0.5, 0.6) is 0 Å². The third kappa shape index (κ3) is 4.72. The largest absolute Gasteiger partial charge is 0.466 e. The Morgan fingerprint density at radius 1 is 1.25 bits per heavy atom. The van der Waals surface area contributed by atoms with Crippen molar-refractivity contribution in [1.29, 1.82) is 0 Å². The molecule has 132 valence electrons. The molecule has 1 aromatic rings. The van der Waals surface area contributed by atoms with Crippen molar-refractivity contribution < 1.29 is 27.5 Å². The van der Waals surface area contributed by atoms with Crippen molar-refractivity contribution in [2.45, 2.75) is 25.4 Å². The van der Waals surface area contributed by atoms with Gasteiger partial charge in [-0.1, -0.05) is 28.1 Å². The highest BCUT2D eigenvalue weighted by molar-refractivity contribution is 9.10. The van der Waals surface area contributed by atoms with Gasteiger partial charge in [0, 0.05) is 23.5 Å². The zero-order chi connectivity index (χ0) is 17.9. The first-order chi connectivity index (χ1) is 11.2. The molecule has 0 saturated carbocycles. The Labute approximate surface area is 146 Å². The Balaban J connectivity index is 2.21. The van der Waals surface area contributed by atoms with Gasteiger partial charge in [0.15, 0.2) is 0 Å². The Morgan fingerprint density at radius 2 is 1.88 bits per heavy atom. The Bertz CT molecular complexity index is 604. The van der Waals surface area contributed by atoms with Gasteiger partial charge in [0.05, 0.1) is 12.5 Å². The number of carbonyl (C=O) groups is 2. The normalized spacial score (nSPS) is 21.0. The van der Waals surface area contributed by atoms with Crippen LogP contribution in [0.2, 0.25) is 0 Å². The predicted molar refractivity (Wildman–Crippen MR) is 84.3 cm³/mol. The molecule has 24 heavy (non-hydrogen) atoms. The fourth-order valence-electron chi connectivity index (χ4n) is 2.83. The molecule has 1 saturated heterocycles. The molecule has 1 aliphatic rings. The van der Waals surface area contributed by atoms with Crippen molar-refractivity contribution in [1.82, 2.24) is 4.90 Å². The van der Waals surface area contributed by atoms with Gasteiger partial charge in [0.2, 0.25) is 5.91 Å².